The van der Waals surface area contributed by atoms with E-state index in [0.717, 1.165) is 21.5 Å². The third kappa shape index (κ3) is 2.67. The van der Waals surface area contributed by atoms with Crippen molar-refractivity contribution in [2.75, 3.05) is 0 Å². The fourth-order valence-electron chi connectivity index (χ4n) is 2.58. The highest BCUT2D eigenvalue weighted by Gasteiger charge is 2.25. The minimum atomic E-state index is -0.0739. The Morgan fingerprint density at radius 1 is 1.45 bits per heavy atom. The maximum atomic E-state index is 12.5. The van der Waals surface area contributed by atoms with E-state index >= 15 is 0 Å². The molecule has 0 aromatic carbocycles. The van der Waals surface area contributed by atoms with Gasteiger partial charge in [-0.15, -0.1) is 11.3 Å². The summed E-state index contributed by atoms with van der Waals surface area (Å²) < 4.78 is 6.23. The molecule has 3 rings (SSSR count). The van der Waals surface area contributed by atoms with Crippen molar-refractivity contribution in [3.63, 3.8) is 0 Å². The lowest BCUT2D eigenvalue weighted by Crippen LogP contribution is -2.33. The number of halogens is 1. The molecule has 0 aliphatic heterocycles. The van der Waals surface area contributed by atoms with Crippen molar-refractivity contribution < 1.29 is 9.32 Å². The smallest absolute Gasteiger partial charge is 0.257 e. The Kier molecular flexibility index (Phi) is 3.94. The zero-order valence-electron chi connectivity index (χ0n) is 11.1. The first kappa shape index (κ1) is 13.8. The van der Waals surface area contributed by atoms with E-state index in [1.165, 1.54) is 12.8 Å². The number of carbonyl (C=O) groups is 1. The minimum Gasteiger partial charge on any atom is -0.360 e. The van der Waals surface area contributed by atoms with Crippen LogP contribution in [0.5, 0.6) is 0 Å². The SMILES string of the molecule is Cc1onc(-c2ccc(Br)s2)c1C(=O)NC1CCCC1. The lowest BCUT2D eigenvalue weighted by atomic mass is 10.1. The van der Waals surface area contributed by atoms with Gasteiger partial charge in [0.15, 0.2) is 0 Å². The second kappa shape index (κ2) is 5.69. The molecule has 1 saturated carbocycles. The van der Waals surface area contributed by atoms with E-state index < -0.39 is 0 Å². The minimum absolute atomic E-state index is 0.0739. The van der Waals surface area contributed by atoms with E-state index in [9.17, 15) is 4.79 Å². The molecule has 6 heteroatoms. The summed E-state index contributed by atoms with van der Waals surface area (Å²) in [6, 6.07) is 4.18. The van der Waals surface area contributed by atoms with E-state index in [4.69, 9.17) is 4.52 Å². The molecule has 0 radical (unpaired) electrons. The summed E-state index contributed by atoms with van der Waals surface area (Å²) in [5.41, 5.74) is 1.19. The van der Waals surface area contributed by atoms with Crippen molar-refractivity contribution in [2.24, 2.45) is 0 Å². The topological polar surface area (TPSA) is 55.1 Å². The largest absolute Gasteiger partial charge is 0.360 e. The van der Waals surface area contributed by atoms with Crippen LogP contribution >= 0.6 is 27.3 Å². The summed E-state index contributed by atoms with van der Waals surface area (Å²) >= 11 is 4.97. The number of carbonyl (C=O) groups excluding carboxylic acids is 1. The van der Waals surface area contributed by atoms with Crippen molar-refractivity contribution in [3.8, 4) is 10.6 Å². The molecule has 0 spiro atoms. The molecule has 1 aliphatic rings. The summed E-state index contributed by atoms with van der Waals surface area (Å²) in [6.45, 7) is 1.78. The Morgan fingerprint density at radius 3 is 2.85 bits per heavy atom. The zero-order valence-corrected chi connectivity index (χ0v) is 13.5. The van der Waals surface area contributed by atoms with Crippen LogP contribution in [0.2, 0.25) is 0 Å². The lowest BCUT2D eigenvalue weighted by Gasteiger charge is -2.11. The highest BCUT2D eigenvalue weighted by molar-refractivity contribution is 9.11. The number of thiophene rings is 1. The molecule has 0 saturated heterocycles. The van der Waals surface area contributed by atoms with E-state index in [0.29, 0.717) is 23.1 Å². The van der Waals surface area contributed by atoms with Gasteiger partial charge in [-0.05, 0) is 47.8 Å². The number of hydrogen-bond donors (Lipinski definition) is 1. The molecular weight excluding hydrogens is 340 g/mol. The molecule has 1 amide bonds. The van der Waals surface area contributed by atoms with Gasteiger partial charge in [0, 0.05) is 6.04 Å². The standard InChI is InChI=1S/C14H15BrN2O2S/c1-8-12(14(18)16-9-4-2-3-5-9)13(17-19-8)10-6-7-11(15)20-10/h6-7,9H,2-5H2,1H3,(H,16,18). The van der Waals surface area contributed by atoms with E-state index in [2.05, 4.69) is 26.4 Å². The van der Waals surface area contributed by atoms with Crippen LogP contribution in [0.1, 0.15) is 41.8 Å². The summed E-state index contributed by atoms with van der Waals surface area (Å²) in [7, 11) is 0. The first-order chi connectivity index (χ1) is 9.65. The van der Waals surface area contributed by atoms with Gasteiger partial charge in [0.2, 0.25) is 0 Å². The molecule has 1 fully saturated rings. The summed E-state index contributed by atoms with van der Waals surface area (Å²) in [5, 5.41) is 7.14. The number of aromatic nitrogens is 1. The number of hydrogen-bond acceptors (Lipinski definition) is 4. The lowest BCUT2D eigenvalue weighted by molar-refractivity contribution is 0.0937. The molecule has 2 aromatic heterocycles. The van der Waals surface area contributed by atoms with Gasteiger partial charge in [-0.1, -0.05) is 18.0 Å². The van der Waals surface area contributed by atoms with E-state index in [-0.39, 0.29) is 5.91 Å². The number of nitrogens with zero attached hydrogens (tertiary/aromatic N) is 1. The summed E-state index contributed by atoms with van der Waals surface area (Å²) in [4.78, 5) is 13.4. The third-order valence-electron chi connectivity index (χ3n) is 3.59. The van der Waals surface area contributed by atoms with Gasteiger partial charge in [0.25, 0.3) is 5.91 Å². The fourth-order valence-corrected chi connectivity index (χ4v) is 3.95. The maximum Gasteiger partial charge on any atom is 0.257 e. The maximum absolute atomic E-state index is 12.5. The molecule has 2 heterocycles. The highest BCUT2D eigenvalue weighted by Crippen LogP contribution is 2.33. The molecular formula is C14H15BrN2O2S. The van der Waals surface area contributed by atoms with Gasteiger partial charge in [-0.25, -0.2) is 0 Å². The van der Waals surface area contributed by atoms with Crippen LogP contribution in [0.25, 0.3) is 10.6 Å². The third-order valence-corrected chi connectivity index (χ3v) is 5.22. The molecule has 2 aromatic rings. The first-order valence-corrected chi connectivity index (χ1v) is 8.29. The van der Waals surface area contributed by atoms with Crippen LogP contribution in [0.4, 0.5) is 0 Å². The van der Waals surface area contributed by atoms with Crippen LogP contribution in [-0.4, -0.2) is 17.1 Å². The molecule has 106 valence electrons. The van der Waals surface area contributed by atoms with Gasteiger partial charge in [-0.2, -0.15) is 0 Å². The molecule has 0 bridgehead atoms. The fraction of sp³-hybridized carbons (Fsp3) is 0.429. The molecule has 1 aliphatic carbocycles. The molecule has 4 nitrogen and oxygen atoms in total. The second-order valence-electron chi connectivity index (χ2n) is 5.02. The van der Waals surface area contributed by atoms with Crippen LogP contribution in [0.3, 0.4) is 0 Å². The quantitative estimate of drug-likeness (QED) is 0.900. The summed E-state index contributed by atoms with van der Waals surface area (Å²) in [5.74, 6) is 0.496. The van der Waals surface area contributed by atoms with Crippen molar-refractivity contribution in [3.05, 3.63) is 27.2 Å². The molecule has 20 heavy (non-hydrogen) atoms. The second-order valence-corrected chi connectivity index (χ2v) is 7.48. The number of aryl methyl sites for hydroxylation is 1. The number of amides is 1. The number of nitrogens with one attached hydrogen (secondary N) is 1. The van der Waals surface area contributed by atoms with Gasteiger partial charge in [0.05, 0.1) is 8.66 Å². The monoisotopic (exact) mass is 354 g/mol. The first-order valence-electron chi connectivity index (χ1n) is 6.68. The van der Waals surface area contributed by atoms with Crippen LogP contribution in [0.15, 0.2) is 20.4 Å². The summed E-state index contributed by atoms with van der Waals surface area (Å²) in [6.07, 6.45) is 4.52. The Bertz CT molecular complexity index is 629. The van der Waals surface area contributed by atoms with Crippen molar-refractivity contribution in [1.82, 2.24) is 10.5 Å². The van der Waals surface area contributed by atoms with Crippen molar-refractivity contribution in [1.29, 1.82) is 0 Å². The Labute approximate surface area is 129 Å². The average molecular weight is 355 g/mol. The van der Waals surface area contributed by atoms with Gasteiger partial charge in [-0.3, -0.25) is 4.79 Å². The highest BCUT2D eigenvalue weighted by atomic mass is 79.9. The average Bonchev–Trinajstić information content (AvgIpc) is 3.10. The molecule has 0 unspecified atom stereocenters. The predicted octanol–water partition coefficient (Wildman–Crippen LogP) is 4.15. The van der Waals surface area contributed by atoms with Crippen LogP contribution in [-0.2, 0) is 0 Å². The van der Waals surface area contributed by atoms with E-state index in [1.807, 2.05) is 12.1 Å². The van der Waals surface area contributed by atoms with Crippen molar-refractivity contribution >= 4 is 33.2 Å². The van der Waals surface area contributed by atoms with Crippen LogP contribution < -0.4 is 5.32 Å². The Balaban J connectivity index is 1.88. The zero-order chi connectivity index (χ0) is 14.1. The normalized spacial score (nSPS) is 15.7. The van der Waals surface area contributed by atoms with Crippen molar-refractivity contribution in [2.45, 2.75) is 38.6 Å². The van der Waals surface area contributed by atoms with Gasteiger partial charge in [0.1, 0.15) is 17.0 Å². The molecule has 1 N–H and O–H groups in total. The van der Waals surface area contributed by atoms with E-state index in [1.54, 1.807) is 18.3 Å². The Morgan fingerprint density at radius 2 is 2.20 bits per heavy atom. The van der Waals surface area contributed by atoms with Crippen LogP contribution in [0, 0.1) is 6.92 Å². The Hall–Kier alpha value is -1.14. The molecule has 0 atom stereocenters. The van der Waals surface area contributed by atoms with Gasteiger partial charge < -0.3 is 9.84 Å². The number of rotatable bonds is 3. The van der Waals surface area contributed by atoms with Gasteiger partial charge >= 0.3 is 0 Å². The predicted molar refractivity (Wildman–Crippen MR) is 82.0 cm³/mol.